The minimum atomic E-state index is -4.55. The van der Waals surface area contributed by atoms with Crippen LogP contribution in [0.15, 0.2) is 43.0 Å². The molecule has 0 radical (unpaired) electrons. The molecule has 1 fully saturated rings. The summed E-state index contributed by atoms with van der Waals surface area (Å²) in [6, 6.07) is 6.79. The zero-order chi connectivity index (χ0) is 26.2. The molecule has 0 amide bonds. The quantitative estimate of drug-likeness (QED) is 0.413. The number of fused-ring (bicyclic) bond motifs is 1. The van der Waals surface area contributed by atoms with Gasteiger partial charge in [0.2, 0.25) is 5.95 Å². The molecule has 9 nitrogen and oxygen atoms in total. The van der Waals surface area contributed by atoms with Gasteiger partial charge in [0.25, 0.3) is 0 Å². The third kappa shape index (κ3) is 5.03. The van der Waals surface area contributed by atoms with Crippen LogP contribution >= 0.6 is 0 Å². The van der Waals surface area contributed by atoms with E-state index in [1.54, 1.807) is 6.20 Å². The van der Waals surface area contributed by atoms with Crippen molar-refractivity contribution in [1.29, 1.82) is 5.26 Å². The fourth-order valence-corrected chi connectivity index (χ4v) is 4.25. The molecule has 0 saturated carbocycles. The van der Waals surface area contributed by atoms with Gasteiger partial charge in [0, 0.05) is 55.7 Å². The van der Waals surface area contributed by atoms with Gasteiger partial charge in [0.1, 0.15) is 17.5 Å². The molecule has 4 aromatic heterocycles. The smallest absolute Gasteiger partial charge is 0.354 e. The van der Waals surface area contributed by atoms with E-state index in [1.165, 1.54) is 12.4 Å². The van der Waals surface area contributed by atoms with E-state index in [1.807, 2.05) is 25.1 Å². The van der Waals surface area contributed by atoms with E-state index in [0.717, 1.165) is 49.8 Å². The second-order valence-corrected chi connectivity index (χ2v) is 8.99. The Balaban J connectivity index is 1.40. The molecule has 1 aliphatic rings. The Morgan fingerprint density at radius 3 is 2.54 bits per heavy atom. The molecule has 0 aliphatic carbocycles. The summed E-state index contributed by atoms with van der Waals surface area (Å²) >= 11 is 0. The molecule has 1 saturated heterocycles. The lowest BCUT2D eigenvalue weighted by molar-refractivity contribution is -0.137. The van der Waals surface area contributed by atoms with E-state index in [-0.39, 0.29) is 34.3 Å². The SMILES string of the molecule is CC(Nc1ncc(C#N)c(-c2c[nH]c3ncc(C(F)(F)F)cc23)n1)c1ccc(N2CCN(C)CC2)nc1. The first-order chi connectivity index (χ1) is 17.7. The summed E-state index contributed by atoms with van der Waals surface area (Å²) < 4.78 is 39.8. The van der Waals surface area contributed by atoms with Gasteiger partial charge in [-0.1, -0.05) is 6.07 Å². The van der Waals surface area contributed by atoms with Gasteiger partial charge in [-0.25, -0.2) is 19.9 Å². The number of hydrogen-bond donors (Lipinski definition) is 2. The van der Waals surface area contributed by atoms with Crippen LogP contribution in [0, 0.1) is 11.3 Å². The van der Waals surface area contributed by atoms with Gasteiger partial charge < -0.3 is 20.1 Å². The monoisotopic (exact) mass is 507 g/mol. The third-order valence-electron chi connectivity index (χ3n) is 6.47. The number of aromatic amines is 1. The van der Waals surface area contributed by atoms with E-state index < -0.39 is 11.7 Å². The molecule has 0 aromatic carbocycles. The summed E-state index contributed by atoms with van der Waals surface area (Å²) in [6.45, 7) is 5.76. The summed E-state index contributed by atoms with van der Waals surface area (Å²) in [7, 11) is 2.10. The number of anilines is 2. The highest BCUT2D eigenvalue weighted by Crippen LogP contribution is 2.35. The van der Waals surface area contributed by atoms with Crippen LogP contribution in [-0.2, 0) is 6.18 Å². The molecule has 1 atom stereocenters. The van der Waals surface area contributed by atoms with Crippen molar-refractivity contribution < 1.29 is 13.2 Å². The number of H-pyrrole nitrogens is 1. The number of nitrogens with zero attached hydrogens (tertiary/aromatic N) is 7. The van der Waals surface area contributed by atoms with Crippen LogP contribution in [-0.4, -0.2) is 63.0 Å². The number of halogens is 3. The van der Waals surface area contributed by atoms with Crippen LogP contribution in [0.4, 0.5) is 24.9 Å². The van der Waals surface area contributed by atoms with E-state index in [9.17, 15) is 18.4 Å². The highest BCUT2D eigenvalue weighted by Gasteiger charge is 2.31. The lowest BCUT2D eigenvalue weighted by atomic mass is 10.1. The van der Waals surface area contributed by atoms with Gasteiger partial charge in [-0.2, -0.15) is 18.4 Å². The number of alkyl halides is 3. The highest BCUT2D eigenvalue weighted by molar-refractivity contribution is 5.94. The molecule has 2 N–H and O–H groups in total. The van der Waals surface area contributed by atoms with Crippen molar-refractivity contribution in [2.75, 3.05) is 43.4 Å². The number of nitrogens with one attached hydrogen (secondary N) is 2. The molecule has 37 heavy (non-hydrogen) atoms. The fraction of sp³-hybridized carbons (Fsp3) is 0.320. The Labute approximate surface area is 211 Å². The first-order valence-electron chi connectivity index (χ1n) is 11.7. The highest BCUT2D eigenvalue weighted by atomic mass is 19.4. The average Bonchev–Trinajstić information content (AvgIpc) is 3.32. The van der Waals surface area contributed by atoms with Gasteiger partial charge in [0.05, 0.1) is 29.1 Å². The molecule has 0 bridgehead atoms. The van der Waals surface area contributed by atoms with Crippen molar-refractivity contribution in [2.24, 2.45) is 0 Å². The predicted molar refractivity (Wildman–Crippen MR) is 133 cm³/mol. The number of aromatic nitrogens is 5. The third-order valence-corrected chi connectivity index (χ3v) is 6.47. The Kier molecular flexibility index (Phi) is 6.39. The molecular formula is C25H24F3N9. The first kappa shape index (κ1) is 24.5. The van der Waals surface area contributed by atoms with Crippen molar-refractivity contribution >= 4 is 22.8 Å². The van der Waals surface area contributed by atoms with Crippen molar-refractivity contribution in [1.82, 2.24) is 29.8 Å². The van der Waals surface area contributed by atoms with Gasteiger partial charge in [-0.15, -0.1) is 0 Å². The van der Waals surface area contributed by atoms with Crippen LogP contribution in [0.2, 0.25) is 0 Å². The molecule has 190 valence electrons. The van der Waals surface area contributed by atoms with Crippen LogP contribution in [0.25, 0.3) is 22.3 Å². The largest absolute Gasteiger partial charge is 0.417 e. The second-order valence-electron chi connectivity index (χ2n) is 8.99. The number of piperazine rings is 1. The van der Waals surface area contributed by atoms with E-state index in [0.29, 0.717) is 5.56 Å². The van der Waals surface area contributed by atoms with Crippen LogP contribution < -0.4 is 10.2 Å². The summed E-state index contributed by atoms with van der Waals surface area (Å²) in [5.41, 5.74) is 0.977. The van der Waals surface area contributed by atoms with Crippen LogP contribution in [0.3, 0.4) is 0 Å². The van der Waals surface area contributed by atoms with Crippen molar-refractivity contribution in [3.05, 3.63) is 59.7 Å². The lowest BCUT2D eigenvalue weighted by Crippen LogP contribution is -2.44. The topological polar surface area (TPSA) is 110 Å². The number of likely N-dealkylation sites (N-methyl/N-ethyl adjacent to an activating group) is 1. The molecule has 12 heteroatoms. The summed E-state index contributed by atoms with van der Waals surface area (Å²) in [4.78, 5) is 24.6. The maximum atomic E-state index is 13.3. The zero-order valence-corrected chi connectivity index (χ0v) is 20.2. The Morgan fingerprint density at radius 1 is 1.08 bits per heavy atom. The van der Waals surface area contributed by atoms with E-state index in [2.05, 4.69) is 47.1 Å². The van der Waals surface area contributed by atoms with E-state index in [4.69, 9.17) is 0 Å². The average molecular weight is 508 g/mol. The van der Waals surface area contributed by atoms with Crippen LogP contribution in [0.5, 0.6) is 0 Å². The Bertz CT molecular complexity index is 1450. The summed E-state index contributed by atoms with van der Waals surface area (Å²) in [5.74, 6) is 1.16. The normalized spacial score (nSPS) is 15.5. The van der Waals surface area contributed by atoms with Gasteiger partial charge in [-0.3, -0.25) is 0 Å². The summed E-state index contributed by atoms with van der Waals surface area (Å²) in [5, 5.41) is 13.0. The van der Waals surface area contributed by atoms with Crippen molar-refractivity contribution in [2.45, 2.75) is 19.1 Å². The molecule has 5 heterocycles. The maximum Gasteiger partial charge on any atom is 0.417 e. The number of nitriles is 1. The summed E-state index contributed by atoms with van der Waals surface area (Å²) in [6.07, 6.45) is 0.877. The maximum absolute atomic E-state index is 13.3. The minimum absolute atomic E-state index is 0.134. The second kappa shape index (κ2) is 9.67. The lowest BCUT2D eigenvalue weighted by Gasteiger charge is -2.33. The standard InChI is InChI=1S/C25H24F3N9/c1-15(16-3-4-21(30-11-16)37-7-5-36(2)6-8-37)34-24-33-12-17(10-29)22(35-24)20-14-32-23-19(20)9-18(13-31-23)25(26,27)28/h3-4,9,11-15H,5-8H2,1-2H3,(H,31,32)(H,33,34,35). The molecular weight excluding hydrogens is 483 g/mol. The minimum Gasteiger partial charge on any atom is -0.354 e. The molecule has 1 aliphatic heterocycles. The fourth-order valence-electron chi connectivity index (χ4n) is 4.25. The molecule has 1 unspecified atom stereocenters. The molecule has 5 rings (SSSR count). The van der Waals surface area contributed by atoms with E-state index >= 15 is 0 Å². The first-order valence-corrected chi connectivity index (χ1v) is 11.7. The number of pyridine rings is 2. The van der Waals surface area contributed by atoms with Gasteiger partial charge in [-0.05, 0) is 31.7 Å². The number of rotatable bonds is 5. The van der Waals surface area contributed by atoms with Crippen molar-refractivity contribution in [3.63, 3.8) is 0 Å². The molecule has 4 aromatic rings. The zero-order valence-electron chi connectivity index (χ0n) is 20.2. The van der Waals surface area contributed by atoms with Crippen molar-refractivity contribution in [3.8, 4) is 17.3 Å². The number of hydrogen-bond acceptors (Lipinski definition) is 8. The van der Waals surface area contributed by atoms with Gasteiger partial charge in [0.15, 0.2) is 0 Å². The molecule has 0 spiro atoms. The van der Waals surface area contributed by atoms with Crippen LogP contribution in [0.1, 0.15) is 29.7 Å². The van der Waals surface area contributed by atoms with Gasteiger partial charge >= 0.3 is 6.18 Å². The predicted octanol–water partition coefficient (Wildman–Crippen LogP) is 4.23. The Morgan fingerprint density at radius 2 is 1.86 bits per heavy atom. The Hall–Kier alpha value is -4.24.